The second-order valence-corrected chi connectivity index (χ2v) is 11.2. The molecule has 0 radical (unpaired) electrons. The van der Waals surface area contributed by atoms with E-state index in [1.54, 1.807) is 11.7 Å². The fraction of sp³-hybridized carbons (Fsp3) is 0.448. The van der Waals surface area contributed by atoms with Crippen LogP contribution in [0.5, 0.6) is 0 Å². The first-order chi connectivity index (χ1) is 19.9. The van der Waals surface area contributed by atoms with Crippen LogP contribution in [0.3, 0.4) is 0 Å². The Balaban J connectivity index is 0.000000446. The van der Waals surface area contributed by atoms with Gasteiger partial charge in [0, 0.05) is 63.4 Å². The summed E-state index contributed by atoms with van der Waals surface area (Å²) in [5.41, 5.74) is 6.06. The lowest BCUT2D eigenvalue weighted by Crippen LogP contribution is -2.44. The van der Waals surface area contributed by atoms with Crippen LogP contribution < -0.4 is 15.5 Å². The number of carbonyl (C=O) groups is 3. The first-order valence-corrected chi connectivity index (χ1v) is 13.8. The summed E-state index contributed by atoms with van der Waals surface area (Å²) >= 11 is 0. The minimum Gasteiger partial charge on any atom is -0.481 e. The smallest absolute Gasteiger partial charge is 0.303 e. The molecule has 13 nitrogen and oxygen atoms in total. The molecule has 224 valence electrons. The molecule has 1 saturated heterocycles. The standard InChI is InChI=1S/C25H32N8O.C4H6O4/c1-25(2)14-16-15-27-24(29-20(16)22-19(25)21(23(34)26-3)30-32(22)5)28-17-6-8-18(9-7-17)33-12-10-31(4)11-13-33;5-3(6)1-2-4(7)8/h6-9,15H,10-14H2,1-5H3,(H,26,34)(H,27,28,29);1-2H2,(H,5,6)(H,7,8). The van der Waals surface area contributed by atoms with Crippen LogP contribution in [0.2, 0.25) is 0 Å². The molecule has 2 aliphatic rings. The molecular formula is C29H38N8O5. The Morgan fingerprint density at radius 2 is 1.60 bits per heavy atom. The highest BCUT2D eigenvalue weighted by atomic mass is 16.4. The molecule has 4 N–H and O–H groups in total. The maximum atomic E-state index is 12.5. The summed E-state index contributed by atoms with van der Waals surface area (Å²) in [5, 5.41) is 26.4. The number of rotatable bonds is 7. The highest BCUT2D eigenvalue weighted by Crippen LogP contribution is 2.43. The fourth-order valence-corrected chi connectivity index (χ4v) is 5.24. The Morgan fingerprint density at radius 1 is 0.976 bits per heavy atom. The van der Waals surface area contributed by atoms with Gasteiger partial charge in [0.15, 0.2) is 5.69 Å². The van der Waals surface area contributed by atoms with Gasteiger partial charge in [-0.15, -0.1) is 0 Å². The molecule has 3 heterocycles. The molecule has 1 amide bonds. The van der Waals surface area contributed by atoms with Gasteiger partial charge in [-0.2, -0.15) is 5.10 Å². The van der Waals surface area contributed by atoms with Crippen LogP contribution in [0.4, 0.5) is 17.3 Å². The number of nitrogens with zero attached hydrogens (tertiary/aromatic N) is 6. The van der Waals surface area contributed by atoms with Gasteiger partial charge in [0.05, 0.1) is 24.2 Å². The second kappa shape index (κ2) is 12.6. The first-order valence-electron chi connectivity index (χ1n) is 13.8. The Hall–Kier alpha value is -4.52. The van der Waals surface area contributed by atoms with Crippen molar-refractivity contribution in [3.05, 3.63) is 47.3 Å². The monoisotopic (exact) mass is 578 g/mol. The number of aliphatic carboxylic acids is 2. The van der Waals surface area contributed by atoms with Crippen molar-refractivity contribution in [1.82, 2.24) is 30.0 Å². The molecule has 0 atom stereocenters. The van der Waals surface area contributed by atoms with Crippen molar-refractivity contribution in [2.24, 2.45) is 7.05 Å². The van der Waals surface area contributed by atoms with Gasteiger partial charge in [-0.05, 0) is 48.7 Å². The lowest BCUT2D eigenvalue weighted by atomic mass is 9.73. The van der Waals surface area contributed by atoms with Crippen molar-refractivity contribution in [3.8, 4) is 11.4 Å². The summed E-state index contributed by atoms with van der Waals surface area (Å²) in [6.07, 6.45) is 2.04. The Bertz CT molecular complexity index is 1450. The number of piperazine rings is 1. The molecule has 5 rings (SSSR count). The van der Waals surface area contributed by atoms with Crippen LogP contribution in [-0.2, 0) is 28.5 Å². The zero-order valence-electron chi connectivity index (χ0n) is 24.6. The summed E-state index contributed by atoms with van der Waals surface area (Å²) in [6.45, 7) is 8.51. The topological polar surface area (TPSA) is 166 Å². The van der Waals surface area contributed by atoms with E-state index in [0.717, 1.165) is 60.8 Å². The number of fused-ring (bicyclic) bond motifs is 3. The van der Waals surface area contributed by atoms with Crippen LogP contribution in [0.15, 0.2) is 30.5 Å². The fourth-order valence-electron chi connectivity index (χ4n) is 5.24. The molecule has 3 aromatic rings. The number of carboxylic acids is 2. The van der Waals surface area contributed by atoms with Gasteiger partial charge >= 0.3 is 11.9 Å². The third-order valence-electron chi connectivity index (χ3n) is 7.43. The van der Waals surface area contributed by atoms with E-state index in [4.69, 9.17) is 15.2 Å². The number of benzene rings is 1. The summed E-state index contributed by atoms with van der Waals surface area (Å²) in [6, 6.07) is 8.42. The second-order valence-electron chi connectivity index (χ2n) is 11.2. The van der Waals surface area contributed by atoms with Crippen molar-refractivity contribution < 1.29 is 24.6 Å². The molecular weight excluding hydrogens is 540 g/mol. The summed E-state index contributed by atoms with van der Waals surface area (Å²) in [5.74, 6) is -1.81. The number of hydrogen-bond acceptors (Lipinski definition) is 9. The number of likely N-dealkylation sites (N-methyl/N-ethyl adjacent to an activating group) is 1. The molecule has 0 bridgehead atoms. The minimum atomic E-state index is -1.08. The van der Waals surface area contributed by atoms with E-state index < -0.39 is 11.9 Å². The molecule has 1 aliphatic heterocycles. The summed E-state index contributed by atoms with van der Waals surface area (Å²) in [7, 11) is 5.66. The average Bonchev–Trinajstić information content (AvgIpc) is 3.31. The van der Waals surface area contributed by atoms with Crippen molar-refractivity contribution >= 4 is 35.2 Å². The van der Waals surface area contributed by atoms with Crippen LogP contribution in [0.1, 0.15) is 48.3 Å². The molecule has 1 aromatic carbocycles. The number of anilines is 3. The van der Waals surface area contributed by atoms with Crippen LogP contribution >= 0.6 is 0 Å². The Morgan fingerprint density at radius 3 is 2.17 bits per heavy atom. The molecule has 1 aliphatic carbocycles. The average molecular weight is 579 g/mol. The number of carbonyl (C=O) groups excluding carboxylic acids is 1. The van der Waals surface area contributed by atoms with Gasteiger partial charge in [0.1, 0.15) is 0 Å². The molecule has 13 heteroatoms. The number of amides is 1. The number of hydrogen-bond donors (Lipinski definition) is 4. The maximum absolute atomic E-state index is 12.5. The van der Waals surface area contributed by atoms with Gasteiger partial charge in [0.25, 0.3) is 5.91 Å². The summed E-state index contributed by atoms with van der Waals surface area (Å²) < 4.78 is 1.77. The van der Waals surface area contributed by atoms with Crippen LogP contribution in [0.25, 0.3) is 11.4 Å². The molecule has 0 saturated carbocycles. The molecule has 0 spiro atoms. The van der Waals surface area contributed by atoms with Crippen molar-refractivity contribution in [2.45, 2.75) is 38.5 Å². The van der Waals surface area contributed by atoms with Gasteiger partial charge in [-0.3, -0.25) is 19.1 Å². The van der Waals surface area contributed by atoms with Gasteiger partial charge in [0.2, 0.25) is 5.95 Å². The summed E-state index contributed by atoms with van der Waals surface area (Å²) in [4.78, 5) is 46.0. The van der Waals surface area contributed by atoms with Gasteiger partial charge in [-0.25, -0.2) is 9.97 Å². The van der Waals surface area contributed by atoms with E-state index in [2.05, 4.69) is 75.7 Å². The quantitative estimate of drug-likeness (QED) is 0.325. The normalized spacial score (nSPS) is 15.5. The number of carboxylic acid groups (broad SMARTS) is 2. The molecule has 1 fully saturated rings. The third kappa shape index (κ3) is 6.85. The van der Waals surface area contributed by atoms with E-state index >= 15 is 0 Å². The number of aromatic nitrogens is 4. The highest BCUT2D eigenvalue weighted by Gasteiger charge is 2.39. The SMILES string of the molecule is CNC(=O)c1nn(C)c2c1C(C)(C)Cc1cnc(Nc3ccc(N4CCN(C)CC4)cc3)nc1-2.O=C(O)CCC(=O)O. The first kappa shape index (κ1) is 30.4. The zero-order valence-corrected chi connectivity index (χ0v) is 24.6. The zero-order chi connectivity index (χ0) is 30.6. The van der Waals surface area contributed by atoms with Gasteiger partial charge in [-0.1, -0.05) is 13.8 Å². The van der Waals surface area contributed by atoms with Crippen molar-refractivity contribution in [1.29, 1.82) is 0 Å². The Kier molecular flexibility index (Phi) is 9.10. The molecule has 2 aromatic heterocycles. The van der Waals surface area contributed by atoms with E-state index in [1.807, 2.05) is 13.2 Å². The van der Waals surface area contributed by atoms with E-state index in [1.165, 1.54) is 5.69 Å². The minimum absolute atomic E-state index is 0.179. The largest absolute Gasteiger partial charge is 0.481 e. The Labute approximate surface area is 244 Å². The predicted molar refractivity (Wildman–Crippen MR) is 158 cm³/mol. The van der Waals surface area contributed by atoms with Crippen LogP contribution in [0, 0.1) is 0 Å². The predicted octanol–water partition coefficient (Wildman–Crippen LogP) is 2.50. The molecule has 42 heavy (non-hydrogen) atoms. The van der Waals surface area contributed by atoms with E-state index in [-0.39, 0.29) is 24.2 Å². The lowest BCUT2D eigenvalue weighted by molar-refractivity contribution is -0.143. The number of nitrogens with one attached hydrogen (secondary N) is 2. The van der Waals surface area contributed by atoms with Crippen molar-refractivity contribution in [2.75, 3.05) is 50.5 Å². The maximum Gasteiger partial charge on any atom is 0.303 e. The third-order valence-corrected chi connectivity index (χ3v) is 7.43. The number of aryl methyl sites for hydroxylation is 1. The van der Waals surface area contributed by atoms with Crippen LogP contribution in [-0.4, -0.2) is 93.0 Å². The van der Waals surface area contributed by atoms with E-state index in [0.29, 0.717) is 11.6 Å². The van der Waals surface area contributed by atoms with E-state index in [9.17, 15) is 14.4 Å². The lowest BCUT2D eigenvalue weighted by Gasteiger charge is -2.34. The highest BCUT2D eigenvalue weighted by molar-refractivity contribution is 5.96. The van der Waals surface area contributed by atoms with Crippen molar-refractivity contribution in [3.63, 3.8) is 0 Å². The molecule has 0 unspecified atom stereocenters. The van der Waals surface area contributed by atoms with Gasteiger partial charge < -0.3 is 30.6 Å².